The first-order valence-corrected chi connectivity index (χ1v) is 7.00. The first-order valence-electron chi connectivity index (χ1n) is 7.00. The Hall–Kier alpha value is -0.0800. The smallest absolute Gasteiger partial charge is 0.0777 e. The van der Waals surface area contributed by atoms with Gasteiger partial charge in [0.05, 0.1) is 5.60 Å². The first kappa shape index (κ1) is 14.0. The van der Waals surface area contributed by atoms with Crippen molar-refractivity contribution in [3.63, 3.8) is 0 Å². The van der Waals surface area contributed by atoms with Crippen LogP contribution in [0.5, 0.6) is 0 Å². The molecule has 1 saturated heterocycles. The highest BCUT2D eigenvalue weighted by molar-refractivity contribution is 4.87. The summed E-state index contributed by atoms with van der Waals surface area (Å²) in [5, 5.41) is 10.6. The number of hydrogen-bond donors (Lipinski definition) is 1. The zero-order chi connectivity index (χ0) is 12.0. The van der Waals surface area contributed by atoms with Gasteiger partial charge in [0, 0.05) is 6.54 Å². The SMILES string of the molecule is CCCCC(CC)CC1(O)CCCN(C)C1. The molecule has 16 heavy (non-hydrogen) atoms. The molecule has 1 fully saturated rings. The zero-order valence-corrected chi connectivity index (χ0v) is 11.3. The van der Waals surface area contributed by atoms with Crippen molar-refractivity contribution >= 4 is 0 Å². The molecule has 1 N–H and O–H groups in total. The molecule has 1 aliphatic rings. The Bertz CT molecular complexity index is 195. The van der Waals surface area contributed by atoms with Gasteiger partial charge in [-0.2, -0.15) is 0 Å². The largest absolute Gasteiger partial charge is 0.389 e. The lowest BCUT2D eigenvalue weighted by molar-refractivity contribution is -0.0422. The highest BCUT2D eigenvalue weighted by Gasteiger charge is 2.33. The Balaban J connectivity index is 2.42. The van der Waals surface area contributed by atoms with Crippen molar-refractivity contribution in [3.8, 4) is 0 Å². The third-order valence-electron chi connectivity index (χ3n) is 3.96. The minimum atomic E-state index is -0.401. The molecule has 0 saturated carbocycles. The molecule has 0 radical (unpaired) electrons. The average Bonchev–Trinajstić information content (AvgIpc) is 2.23. The van der Waals surface area contributed by atoms with Crippen LogP contribution in [0.3, 0.4) is 0 Å². The number of aliphatic hydroxyl groups is 1. The van der Waals surface area contributed by atoms with Crippen LogP contribution in [0, 0.1) is 5.92 Å². The second-order valence-corrected chi connectivity index (χ2v) is 5.69. The van der Waals surface area contributed by atoms with Crippen LogP contribution in [0.15, 0.2) is 0 Å². The second-order valence-electron chi connectivity index (χ2n) is 5.69. The van der Waals surface area contributed by atoms with Crippen molar-refractivity contribution < 1.29 is 5.11 Å². The van der Waals surface area contributed by atoms with Gasteiger partial charge in [-0.25, -0.2) is 0 Å². The van der Waals surface area contributed by atoms with Gasteiger partial charge in [0.2, 0.25) is 0 Å². The van der Waals surface area contributed by atoms with E-state index in [0.717, 1.165) is 38.3 Å². The Morgan fingerprint density at radius 2 is 2.12 bits per heavy atom. The lowest BCUT2D eigenvalue weighted by Crippen LogP contribution is -2.47. The van der Waals surface area contributed by atoms with Gasteiger partial charge in [-0.1, -0.05) is 39.5 Å². The van der Waals surface area contributed by atoms with Crippen LogP contribution < -0.4 is 0 Å². The third-order valence-corrected chi connectivity index (χ3v) is 3.96. The molecule has 0 aromatic carbocycles. The van der Waals surface area contributed by atoms with Crippen molar-refractivity contribution in [1.82, 2.24) is 4.90 Å². The zero-order valence-electron chi connectivity index (χ0n) is 11.3. The van der Waals surface area contributed by atoms with E-state index in [1.165, 1.54) is 25.7 Å². The Labute approximate surface area is 101 Å². The normalized spacial score (nSPS) is 29.2. The van der Waals surface area contributed by atoms with Gasteiger partial charge < -0.3 is 10.0 Å². The van der Waals surface area contributed by atoms with E-state index in [-0.39, 0.29) is 0 Å². The summed E-state index contributed by atoms with van der Waals surface area (Å²) in [5.41, 5.74) is -0.401. The summed E-state index contributed by atoms with van der Waals surface area (Å²) in [6.07, 6.45) is 8.25. The Morgan fingerprint density at radius 1 is 1.38 bits per heavy atom. The van der Waals surface area contributed by atoms with Crippen LogP contribution in [-0.4, -0.2) is 35.7 Å². The van der Waals surface area contributed by atoms with E-state index in [4.69, 9.17) is 0 Å². The molecule has 0 aromatic heterocycles. The molecule has 1 aliphatic heterocycles. The maximum Gasteiger partial charge on any atom is 0.0777 e. The van der Waals surface area contributed by atoms with E-state index >= 15 is 0 Å². The van der Waals surface area contributed by atoms with Crippen molar-refractivity contribution in [2.45, 2.75) is 64.4 Å². The van der Waals surface area contributed by atoms with Gasteiger partial charge in [0.25, 0.3) is 0 Å². The Kier molecular flexibility index (Phi) is 5.77. The number of piperidine rings is 1. The van der Waals surface area contributed by atoms with E-state index in [9.17, 15) is 5.11 Å². The number of hydrogen-bond acceptors (Lipinski definition) is 2. The summed E-state index contributed by atoms with van der Waals surface area (Å²) in [7, 11) is 2.12. The predicted molar refractivity (Wildman–Crippen MR) is 69.6 cm³/mol. The van der Waals surface area contributed by atoms with Crippen LogP contribution in [0.1, 0.15) is 58.8 Å². The number of nitrogens with zero attached hydrogens (tertiary/aromatic N) is 1. The number of likely N-dealkylation sites (tertiary alicyclic amines) is 1. The van der Waals surface area contributed by atoms with Crippen LogP contribution in [0.25, 0.3) is 0 Å². The summed E-state index contributed by atoms with van der Waals surface area (Å²) in [5.74, 6) is 0.719. The number of β-amino-alcohol motifs (C(OH)–C–C–N with tert-alkyl or cyclic N) is 1. The molecule has 0 spiro atoms. The van der Waals surface area contributed by atoms with Crippen molar-refractivity contribution in [3.05, 3.63) is 0 Å². The van der Waals surface area contributed by atoms with Crippen LogP contribution in [0.4, 0.5) is 0 Å². The molecule has 0 aromatic rings. The number of likely N-dealkylation sites (N-methyl/N-ethyl adjacent to an activating group) is 1. The van der Waals surface area contributed by atoms with Crippen LogP contribution >= 0.6 is 0 Å². The molecule has 2 unspecified atom stereocenters. The topological polar surface area (TPSA) is 23.5 Å². The summed E-state index contributed by atoms with van der Waals surface area (Å²) >= 11 is 0. The molecule has 1 heterocycles. The maximum atomic E-state index is 10.6. The molecule has 2 nitrogen and oxygen atoms in total. The Morgan fingerprint density at radius 3 is 2.69 bits per heavy atom. The maximum absolute atomic E-state index is 10.6. The molecule has 2 heteroatoms. The molecule has 0 bridgehead atoms. The quantitative estimate of drug-likeness (QED) is 0.754. The molecule has 0 aliphatic carbocycles. The molecule has 96 valence electrons. The first-order chi connectivity index (χ1) is 7.59. The third kappa shape index (κ3) is 4.42. The summed E-state index contributed by atoms with van der Waals surface area (Å²) < 4.78 is 0. The predicted octanol–water partition coefficient (Wildman–Crippen LogP) is 3.05. The molecular formula is C14H29NO. The molecule has 2 atom stereocenters. The van der Waals surface area contributed by atoms with E-state index in [0.29, 0.717) is 0 Å². The minimum Gasteiger partial charge on any atom is -0.389 e. The average molecular weight is 227 g/mol. The molecule has 1 rings (SSSR count). The van der Waals surface area contributed by atoms with Crippen molar-refractivity contribution in [2.75, 3.05) is 20.1 Å². The fourth-order valence-corrected chi connectivity index (χ4v) is 2.99. The van der Waals surface area contributed by atoms with E-state index < -0.39 is 5.60 Å². The lowest BCUT2D eigenvalue weighted by Gasteiger charge is -2.39. The number of unbranched alkanes of at least 4 members (excludes halogenated alkanes) is 1. The van der Waals surface area contributed by atoms with Gasteiger partial charge in [0.15, 0.2) is 0 Å². The summed E-state index contributed by atoms with van der Waals surface area (Å²) in [6, 6.07) is 0. The van der Waals surface area contributed by atoms with Gasteiger partial charge >= 0.3 is 0 Å². The van der Waals surface area contributed by atoms with E-state index in [1.54, 1.807) is 0 Å². The highest BCUT2D eigenvalue weighted by atomic mass is 16.3. The summed E-state index contributed by atoms with van der Waals surface area (Å²) in [4.78, 5) is 2.27. The van der Waals surface area contributed by atoms with E-state index in [2.05, 4.69) is 25.8 Å². The van der Waals surface area contributed by atoms with Gasteiger partial charge in [-0.15, -0.1) is 0 Å². The highest BCUT2D eigenvalue weighted by Crippen LogP contribution is 2.30. The molecular weight excluding hydrogens is 198 g/mol. The summed E-state index contributed by atoms with van der Waals surface area (Å²) in [6.45, 7) is 6.52. The number of rotatable bonds is 6. The van der Waals surface area contributed by atoms with E-state index in [1.807, 2.05) is 0 Å². The van der Waals surface area contributed by atoms with Gasteiger partial charge in [-0.3, -0.25) is 0 Å². The standard InChI is InChI=1S/C14H29NO/c1-4-6-8-13(5-2)11-14(16)9-7-10-15(3)12-14/h13,16H,4-12H2,1-3H3. The van der Waals surface area contributed by atoms with Crippen molar-refractivity contribution in [2.24, 2.45) is 5.92 Å². The lowest BCUT2D eigenvalue weighted by atomic mass is 9.81. The van der Waals surface area contributed by atoms with Gasteiger partial charge in [-0.05, 0) is 38.8 Å². The monoisotopic (exact) mass is 227 g/mol. The van der Waals surface area contributed by atoms with Crippen molar-refractivity contribution in [1.29, 1.82) is 0 Å². The fraction of sp³-hybridized carbons (Fsp3) is 1.00. The fourth-order valence-electron chi connectivity index (χ4n) is 2.99. The minimum absolute atomic E-state index is 0.401. The van der Waals surface area contributed by atoms with Crippen LogP contribution in [0.2, 0.25) is 0 Å². The van der Waals surface area contributed by atoms with Crippen LogP contribution in [-0.2, 0) is 0 Å². The van der Waals surface area contributed by atoms with Gasteiger partial charge in [0.1, 0.15) is 0 Å². The second kappa shape index (κ2) is 6.61. The molecule has 0 amide bonds.